The van der Waals surface area contributed by atoms with E-state index < -0.39 is 0 Å². The summed E-state index contributed by atoms with van der Waals surface area (Å²) in [5.41, 5.74) is 8.50. The van der Waals surface area contributed by atoms with Crippen molar-refractivity contribution in [3.63, 3.8) is 0 Å². The maximum Gasteiger partial charge on any atom is 0.0504 e. The van der Waals surface area contributed by atoms with Crippen LogP contribution < -0.4 is 10.6 Å². The summed E-state index contributed by atoms with van der Waals surface area (Å²) < 4.78 is 0. The molecule has 94 valence electrons. The highest BCUT2D eigenvalue weighted by Gasteiger charge is 2.29. The lowest BCUT2D eigenvalue weighted by molar-refractivity contribution is 0.604. The fraction of sp³-hybridized carbons (Fsp3) is 0.571. The molecule has 0 saturated carbocycles. The van der Waals surface area contributed by atoms with E-state index in [2.05, 4.69) is 44.0 Å². The van der Waals surface area contributed by atoms with Crippen LogP contribution >= 0.6 is 11.8 Å². The van der Waals surface area contributed by atoms with Gasteiger partial charge in [0.2, 0.25) is 0 Å². The zero-order chi connectivity index (χ0) is 12.4. The number of nitrogens with zero attached hydrogens (tertiary/aromatic N) is 1. The zero-order valence-electron chi connectivity index (χ0n) is 10.9. The lowest BCUT2D eigenvalue weighted by Gasteiger charge is -2.39. The highest BCUT2D eigenvalue weighted by molar-refractivity contribution is 8.00. The average Bonchev–Trinajstić information content (AvgIpc) is 2.35. The predicted molar refractivity (Wildman–Crippen MR) is 77.0 cm³/mol. The number of thioether (sulfide) groups is 1. The monoisotopic (exact) mass is 250 g/mol. The van der Waals surface area contributed by atoms with Crippen molar-refractivity contribution >= 4 is 17.4 Å². The van der Waals surface area contributed by atoms with E-state index in [1.165, 1.54) is 16.1 Å². The van der Waals surface area contributed by atoms with Crippen LogP contribution in [0.3, 0.4) is 0 Å². The Labute approximate surface area is 109 Å². The summed E-state index contributed by atoms with van der Waals surface area (Å²) in [6.45, 7) is 5.28. The smallest absolute Gasteiger partial charge is 0.0504 e. The minimum atomic E-state index is 0.559. The first-order valence-corrected chi connectivity index (χ1v) is 7.27. The number of anilines is 1. The fourth-order valence-electron chi connectivity index (χ4n) is 2.36. The molecule has 0 aromatic heterocycles. The summed E-state index contributed by atoms with van der Waals surface area (Å²) in [5, 5.41) is 0.615. The van der Waals surface area contributed by atoms with Crippen molar-refractivity contribution in [3.8, 4) is 0 Å². The van der Waals surface area contributed by atoms with Gasteiger partial charge in [0.15, 0.2) is 0 Å². The summed E-state index contributed by atoms with van der Waals surface area (Å²) in [7, 11) is 2.19. The van der Waals surface area contributed by atoms with Crippen LogP contribution in [-0.4, -0.2) is 24.9 Å². The maximum absolute atomic E-state index is 5.71. The molecule has 0 spiro atoms. The van der Waals surface area contributed by atoms with Crippen molar-refractivity contribution < 1.29 is 0 Å². The molecule has 1 aromatic rings. The molecule has 0 bridgehead atoms. The van der Waals surface area contributed by atoms with Gasteiger partial charge in [-0.05, 0) is 44.0 Å². The Kier molecular flexibility index (Phi) is 4.00. The summed E-state index contributed by atoms with van der Waals surface area (Å²) >= 11 is 2.00. The van der Waals surface area contributed by atoms with E-state index >= 15 is 0 Å². The third-order valence-electron chi connectivity index (χ3n) is 3.69. The van der Waals surface area contributed by atoms with Gasteiger partial charge in [-0.15, -0.1) is 11.8 Å². The topological polar surface area (TPSA) is 29.3 Å². The van der Waals surface area contributed by atoms with Gasteiger partial charge in [-0.2, -0.15) is 0 Å². The Balaban J connectivity index is 2.31. The van der Waals surface area contributed by atoms with Crippen molar-refractivity contribution in [2.75, 3.05) is 18.5 Å². The van der Waals surface area contributed by atoms with Gasteiger partial charge in [0, 0.05) is 23.2 Å². The predicted octanol–water partition coefficient (Wildman–Crippen LogP) is 2.90. The molecule has 0 amide bonds. The highest BCUT2D eigenvalue weighted by atomic mass is 32.2. The molecule has 2 unspecified atom stereocenters. The van der Waals surface area contributed by atoms with E-state index in [0.29, 0.717) is 11.3 Å². The van der Waals surface area contributed by atoms with E-state index in [-0.39, 0.29) is 0 Å². The molecule has 2 atom stereocenters. The van der Waals surface area contributed by atoms with Gasteiger partial charge in [-0.25, -0.2) is 0 Å². The molecule has 1 aliphatic rings. The Morgan fingerprint density at radius 2 is 2.18 bits per heavy atom. The molecule has 3 heteroatoms. The Morgan fingerprint density at radius 3 is 2.82 bits per heavy atom. The SMILES string of the molecule is CCc1ccc2c(c1)SC(CCN)C(C)N2C. The molecular formula is C14H22N2S. The molecule has 0 radical (unpaired) electrons. The standard InChI is InChI=1S/C14H22N2S/c1-4-11-5-6-12-14(9-11)17-13(7-8-15)10(2)16(12)3/h5-6,9-10,13H,4,7-8,15H2,1-3H3. The molecule has 1 aromatic carbocycles. The summed E-state index contributed by atoms with van der Waals surface area (Å²) in [5.74, 6) is 0. The number of benzene rings is 1. The normalized spacial score (nSPS) is 23.6. The highest BCUT2D eigenvalue weighted by Crippen LogP contribution is 2.42. The van der Waals surface area contributed by atoms with Crippen molar-refractivity contribution in [2.24, 2.45) is 5.73 Å². The zero-order valence-corrected chi connectivity index (χ0v) is 11.8. The second-order valence-corrected chi connectivity index (χ2v) is 6.02. The Bertz CT molecular complexity index is 392. The quantitative estimate of drug-likeness (QED) is 0.894. The lowest BCUT2D eigenvalue weighted by atomic mass is 10.1. The minimum Gasteiger partial charge on any atom is -0.370 e. The van der Waals surface area contributed by atoms with Crippen LogP contribution in [0.5, 0.6) is 0 Å². The van der Waals surface area contributed by atoms with E-state index in [9.17, 15) is 0 Å². The maximum atomic E-state index is 5.71. The lowest BCUT2D eigenvalue weighted by Crippen LogP contribution is -2.41. The number of hydrogen-bond donors (Lipinski definition) is 1. The van der Waals surface area contributed by atoms with Gasteiger partial charge in [-0.1, -0.05) is 13.0 Å². The molecular weight excluding hydrogens is 228 g/mol. The van der Waals surface area contributed by atoms with Gasteiger partial charge in [-0.3, -0.25) is 0 Å². The van der Waals surface area contributed by atoms with Crippen LogP contribution in [0.4, 0.5) is 5.69 Å². The van der Waals surface area contributed by atoms with Crippen LogP contribution in [0.1, 0.15) is 25.8 Å². The van der Waals surface area contributed by atoms with Gasteiger partial charge in [0.1, 0.15) is 0 Å². The van der Waals surface area contributed by atoms with E-state index in [4.69, 9.17) is 5.73 Å². The number of hydrogen-bond acceptors (Lipinski definition) is 3. The average molecular weight is 250 g/mol. The second kappa shape index (κ2) is 5.32. The van der Waals surface area contributed by atoms with Crippen LogP contribution in [0, 0.1) is 0 Å². The minimum absolute atomic E-state index is 0.559. The number of aryl methyl sites for hydroxylation is 1. The van der Waals surface area contributed by atoms with Gasteiger partial charge < -0.3 is 10.6 Å². The third kappa shape index (κ3) is 2.45. The molecule has 1 aliphatic heterocycles. The molecule has 1 heterocycles. The van der Waals surface area contributed by atoms with Crippen molar-refractivity contribution in [1.82, 2.24) is 0 Å². The molecule has 2 N–H and O–H groups in total. The largest absolute Gasteiger partial charge is 0.370 e. The van der Waals surface area contributed by atoms with Crippen molar-refractivity contribution in [1.29, 1.82) is 0 Å². The van der Waals surface area contributed by atoms with Crippen LogP contribution in [0.25, 0.3) is 0 Å². The number of nitrogens with two attached hydrogens (primary N) is 1. The van der Waals surface area contributed by atoms with Gasteiger partial charge in [0.05, 0.1) is 5.69 Å². The second-order valence-electron chi connectivity index (χ2n) is 4.74. The van der Waals surface area contributed by atoms with E-state index in [0.717, 1.165) is 19.4 Å². The van der Waals surface area contributed by atoms with E-state index in [1.807, 2.05) is 11.8 Å². The Morgan fingerprint density at radius 1 is 1.41 bits per heavy atom. The summed E-state index contributed by atoms with van der Waals surface area (Å²) in [6, 6.07) is 7.40. The first-order chi connectivity index (χ1) is 8.17. The van der Waals surface area contributed by atoms with Crippen LogP contribution in [0.2, 0.25) is 0 Å². The molecule has 0 aliphatic carbocycles. The van der Waals surface area contributed by atoms with Gasteiger partial charge >= 0.3 is 0 Å². The van der Waals surface area contributed by atoms with Crippen LogP contribution in [0.15, 0.2) is 23.1 Å². The molecule has 17 heavy (non-hydrogen) atoms. The molecule has 0 fully saturated rings. The fourth-order valence-corrected chi connectivity index (χ4v) is 3.87. The van der Waals surface area contributed by atoms with Crippen LogP contribution in [-0.2, 0) is 6.42 Å². The third-order valence-corrected chi connectivity index (χ3v) is 5.20. The molecule has 2 nitrogen and oxygen atoms in total. The first-order valence-electron chi connectivity index (χ1n) is 6.39. The Hall–Kier alpha value is -0.670. The first kappa shape index (κ1) is 12.8. The van der Waals surface area contributed by atoms with Crippen molar-refractivity contribution in [2.45, 2.75) is 42.9 Å². The summed E-state index contributed by atoms with van der Waals surface area (Å²) in [6.07, 6.45) is 2.20. The molecule has 0 saturated heterocycles. The molecule has 2 rings (SSSR count). The summed E-state index contributed by atoms with van der Waals surface area (Å²) in [4.78, 5) is 3.81. The van der Waals surface area contributed by atoms with Crippen molar-refractivity contribution in [3.05, 3.63) is 23.8 Å². The van der Waals surface area contributed by atoms with E-state index in [1.54, 1.807) is 0 Å². The number of rotatable bonds is 3. The van der Waals surface area contributed by atoms with Gasteiger partial charge in [0.25, 0.3) is 0 Å². The number of fused-ring (bicyclic) bond motifs is 1.